The second kappa shape index (κ2) is 7.07. The molecule has 0 radical (unpaired) electrons. The lowest BCUT2D eigenvalue weighted by atomic mass is 10.0. The first kappa shape index (κ1) is 19.8. The Balaban J connectivity index is 1.65. The van der Waals surface area contributed by atoms with Crippen molar-refractivity contribution in [2.45, 2.75) is 18.9 Å². The predicted molar refractivity (Wildman–Crippen MR) is 92.5 cm³/mol. The van der Waals surface area contributed by atoms with Crippen LogP contribution in [0.4, 0.5) is 26.3 Å². The normalized spacial score (nSPS) is 16.4. The molecule has 1 aliphatic rings. The maximum Gasteiger partial charge on any atom is 0.418 e. The molecule has 1 aromatic heterocycles. The van der Waals surface area contributed by atoms with Crippen molar-refractivity contribution in [1.29, 1.82) is 5.26 Å². The molecule has 11 heteroatoms. The number of nitrogens with zero attached hydrogens (tertiary/aromatic N) is 3. The van der Waals surface area contributed by atoms with Crippen molar-refractivity contribution in [2.75, 3.05) is 0 Å². The zero-order valence-electron chi connectivity index (χ0n) is 14.8. The van der Waals surface area contributed by atoms with Gasteiger partial charge in [0, 0.05) is 22.7 Å². The molecule has 30 heavy (non-hydrogen) atoms. The lowest BCUT2D eigenvalue weighted by Crippen LogP contribution is -2.26. The van der Waals surface area contributed by atoms with Crippen LogP contribution in [0.5, 0.6) is 0 Å². The molecule has 1 atom stereocenters. The highest BCUT2D eigenvalue weighted by atomic mass is 19.4. The predicted octanol–water partition coefficient (Wildman–Crippen LogP) is 4.26. The Morgan fingerprint density at radius 1 is 1.13 bits per heavy atom. The van der Waals surface area contributed by atoms with Crippen molar-refractivity contribution < 1.29 is 31.2 Å². The molecule has 0 aliphatic carbocycles. The van der Waals surface area contributed by atoms with Gasteiger partial charge in [0.1, 0.15) is 0 Å². The monoisotopic (exact) mass is 424 g/mol. The Kier molecular flexibility index (Phi) is 4.66. The highest BCUT2D eigenvalue weighted by Gasteiger charge is 2.36. The van der Waals surface area contributed by atoms with Crippen LogP contribution in [-0.4, -0.2) is 16.6 Å². The quantitative estimate of drug-likeness (QED) is 0.505. The van der Waals surface area contributed by atoms with Crippen LogP contribution in [0, 0.1) is 28.8 Å². The topological polar surface area (TPSA) is 62.3 Å². The summed E-state index contributed by atoms with van der Waals surface area (Å²) < 4.78 is 81.6. The van der Waals surface area contributed by atoms with Crippen molar-refractivity contribution in [3.63, 3.8) is 0 Å². The van der Waals surface area contributed by atoms with Crippen LogP contribution < -0.4 is 5.48 Å². The van der Waals surface area contributed by atoms with Crippen LogP contribution in [0.1, 0.15) is 16.7 Å². The van der Waals surface area contributed by atoms with Gasteiger partial charge in [0.05, 0.1) is 23.7 Å². The van der Waals surface area contributed by atoms with Crippen molar-refractivity contribution in [2.24, 2.45) is 4.99 Å². The minimum atomic E-state index is -4.71. The van der Waals surface area contributed by atoms with Crippen LogP contribution in [0.15, 0.2) is 41.5 Å². The maximum atomic E-state index is 13.4. The van der Waals surface area contributed by atoms with Gasteiger partial charge in [0.25, 0.3) is 0 Å². The van der Waals surface area contributed by atoms with E-state index in [4.69, 9.17) is 10.1 Å². The highest BCUT2D eigenvalue weighted by Crippen LogP contribution is 2.37. The fourth-order valence-electron chi connectivity index (χ4n) is 3.23. The fraction of sp³-hybridized carbons (Fsp3) is 0.158. The van der Waals surface area contributed by atoms with E-state index >= 15 is 0 Å². The van der Waals surface area contributed by atoms with E-state index in [-0.39, 0.29) is 28.9 Å². The van der Waals surface area contributed by atoms with Crippen LogP contribution >= 0.6 is 0 Å². The summed E-state index contributed by atoms with van der Waals surface area (Å²) in [6, 6.07) is 6.68. The van der Waals surface area contributed by atoms with Crippen LogP contribution in [0.3, 0.4) is 0 Å². The van der Waals surface area contributed by atoms with Gasteiger partial charge in [-0.1, -0.05) is 0 Å². The number of nitriles is 1. The van der Waals surface area contributed by atoms with E-state index in [1.54, 1.807) is 6.07 Å². The van der Waals surface area contributed by atoms with Gasteiger partial charge in [-0.15, -0.1) is 5.48 Å². The highest BCUT2D eigenvalue weighted by molar-refractivity contribution is 5.94. The van der Waals surface area contributed by atoms with E-state index in [9.17, 15) is 26.3 Å². The molecule has 2 aromatic carbocycles. The molecule has 0 bridgehead atoms. The summed E-state index contributed by atoms with van der Waals surface area (Å²) in [6.07, 6.45) is -4.11. The first-order valence-electron chi connectivity index (χ1n) is 8.43. The molecule has 4 rings (SSSR count). The largest absolute Gasteiger partial charge is 0.418 e. The summed E-state index contributed by atoms with van der Waals surface area (Å²) in [6.45, 7) is 0.0162. The number of alkyl halides is 3. The van der Waals surface area contributed by atoms with Crippen molar-refractivity contribution in [1.82, 2.24) is 10.0 Å². The first-order valence-corrected chi connectivity index (χ1v) is 8.43. The average Bonchev–Trinajstić information content (AvgIpc) is 3.31. The van der Waals surface area contributed by atoms with Gasteiger partial charge in [-0.05, 0) is 30.3 Å². The van der Waals surface area contributed by atoms with E-state index in [2.05, 4.69) is 10.5 Å². The molecule has 0 saturated carbocycles. The molecule has 154 valence electrons. The molecule has 1 aliphatic heterocycles. The molecular formula is C19H10F6N4O. The number of aliphatic imine (C=N–C) groups is 1. The molecule has 1 unspecified atom stereocenters. The third kappa shape index (κ3) is 3.35. The molecular weight excluding hydrogens is 414 g/mol. The van der Waals surface area contributed by atoms with Gasteiger partial charge in [0.2, 0.25) is 5.90 Å². The Labute approximate surface area is 164 Å². The Morgan fingerprint density at radius 3 is 2.47 bits per heavy atom. The summed E-state index contributed by atoms with van der Waals surface area (Å²) >= 11 is 0. The maximum absolute atomic E-state index is 13.4. The third-order valence-corrected chi connectivity index (χ3v) is 4.52. The van der Waals surface area contributed by atoms with Crippen LogP contribution in [0.2, 0.25) is 0 Å². The zero-order chi connectivity index (χ0) is 21.6. The molecule has 3 aromatic rings. The van der Waals surface area contributed by atoms with Gasteiger partial charge >= 0.3 is 6.18 Å². The number of halogens is 6. The van der Waals surface area contributed by atoms with E-state index in [0.717, 1.165) is 6.07 Å². The summed E-state index contributed by atoms with van der Waals surface area (Å²) in [5, 5.41) is 8.85. The molecule has 0 spiro atoms. The van der Waals surface area contributed by atoms with E-state index in [1.165, 1.54) is 22.9 Å². The van der Waals surface area contributed by atoms with Gasteiger partial charge in [-0.2, -0.15) is 18.4 Å². The number of hydrogen-bond acceptors (Lipinski definition) is 4. The number of fused-ring (bicyclic) bond motifs is 1. The summed E-state index contributed by atoms with van der Waals surface area (Å²) in [5.74, 6) is -4.65. The third-order valence-electron chi connectivity index (χ3n) is 4.52. The minimum absolute atomic E-state index is 0.0162. The SMILES string of the molecule is N#Cc1ccc2c(ccn2CC2N=C(c3cc(F)c(F)c(F)c3)ON2)c1C(F)(F)F. The number of hydroxylamine groups is 1. The molecule has 0 saturated heterocycles. The Hall–Kier alpha value is -3.52. The van der Waals surface area contributed by atoms with Crippen molar-refractivity contribution >= 4 is 16.8 Å². The Morgan fingerprint density at radius 2 is 1.83 bits per heavy atom. The second-order valence-electron chi connectivity index (χ2n) is 6.42. The average molecular weight is 424 g/mol. The first-order chi connectivity index (χ1) is 14.2. The molecule has 0 fully saturated rings. The van der Waals surface area contributed by atoms with Crippen LogP contribution in [0.25, 0.3) is 10.9 Å². The summed E-state index contributed by atoms with van der Waals surface area (Å²) in [4.78, 5) is 9.17. The summed E-state index contributed by atoms with van der Waals surface area (Å²) in [5.41, 5.74) is 1.04. The van der Waals surface area contributed by atoms with Crippen LogP contribution in [-0.2, 0) is 17.6 Å². The van der Waals surface area contributed by atoms with Gasteiger partial charge in [-0.25, -0.2) is 18.2 Å². The number of hydrogen-bond donors (Lipinski definition) is 1. The van der Waals surface area contributed by atoms with E-state index < -0.39 is 40.9 Å². The smallest absolute Gasteiger partial charge is 0.386 e. The molecule has 2 heterocycles. The zero-order valence-corrected chi connectivity index (χ0v) is 14.8. The molecule has 1 N–H and O–H groups in total. The van der Waals surface area contributed by atoms with E-state index in [1.807, 2.05) is 0 Å². The van der Waals surface area contributed by atoms with Gasteiger partial charge < -0.3 is 9.40 Å². The number of nitrogens with one attached hydrogen (secondary N) is 1. The Bertz CT molecular complexity index is 1200. The minimum Gasteiger partial charge on any atom is -0.386 e. The lowest BCUT2D eigenvalue weighted by Gasteiger charge is -2.12. The summed E-state index contributed by atoms with van der Waals surface area (Å²) in [7, 11) is 0. The second-order valence-corrected chi connectivity index (χ2v) is 6.42. The van der Waals surface area contributed by atoms with Gasteiger partial charge in [0.15, 0.2) is 23.6 Å². The molecule has 5 nitrogen and oxygen atoms in total. The molecule has 0 amide bonds. The number of aromatic nitrogens is 1. The fourth-order valence-corrected chi connectivity index (χ4v) is 3.23. The van der Waals surface area contributed by atoms with Crippen molar-refractivity contribution in [3.05, 3.63) is 70.7 Å². The standard InChI is InChI=1S/C19H10F6N4O/c20-12-5-10(6-13(21)17(12)22)18-27-15(28-30-18)8-29-4-3-11-14(29)2-1-9(7-26)16(11)19(23,24)25/h1-6,15,28H,8H2. The van der Waals surface area contributed by atoms with Gasteiger partial charge in [-0.3, -0.25) is 0 Å². The lowest BCUT2D eigenvalue weighted by molar-refractivity contribution is -0.136. The van der Waals surface area contributed by atoms with E-state index in [0.29, 0.717) is 12.1 Å². The number of rotatable bonds is 3. The van der Waals surface area contributed by atoms with Crippen molar-refractivity contribution in [3.8, 4) is 6.07 Å². The number of benzene rings is 2.